The second-order valence-electron chi connectivity index (χ2n) is 15.3. The van der Waals surface area contributed by atoms with E-state index in [1.165, 1.54) is 13.8 Å². The van der Waals surface area contributed by atoms with Gasteiger partial charge in [0.25, 0.3) is 0 Å². The zero-order valence-electron chi connectivity index (χ0n) is 26.1. The first kappa shape index (κ1) is 29.7. The second-order valence-corrected chi connectivity index (χ2v) is 15.3. The third-order valence-corrected chi connectivity index (χ3v) is 13.0. The van der Waals surface area contributed by atoms with E-state index < -0.39 is 93.5 Å². The first-order valence-corrected chi connectivity index (χ1v) is 15.7. The van der Waals surface area contributed by atoms with E-state index in [9.17, 15) is 29.4 Å². The Labute approximate surface area is 256 Å². The van der Waals surface area contributed by atoms with Crippen LogP contribution in [0.3, 0.4) is 0 Å². The summed E-state index contributed by atoms with van der Waals surface area (Å²) in [6.07, 6.45) is 3.63. The lowest BCUT2D eigenvalue weighted by atomic mass is 9.54. The van der Waals surface area contributed by atoms with Crippen molar-refractivity contribution in [3.05, 3.63) is 36.0 Å². The summed E-state index contributed by atoms with van der Waals surface area (Å²) < 4.78 is 24.2. The minimum Gasteiger partial charge on any atom is -0.462 e. The number of rotatable bonds is 2. The van der Waals surface area contributed by atoms with E-state index in [1.807, 2.05) is 26.0 Å². The zero-order chi connectivity index (χ0) is 31.9. The van der Waals surface area contributed by atoms with Crippen LogP contribution >= 0.6 is 0 Å². The molecule has 10 nitrogen and oxygen atoms in total. The molecule has 0 aromatic rings. The molecule has 5 aliphatic carbocycles. The number of aliphatic hydroxyl groups is 2. The lowest BCUT2D eigenvalue weighted by Crippen LogP contribution is -2.54. The van der Waals surface area contributed by atoms with Gasteiger partial charge in [-0.3, -0.25) is 14.4 Å². The van der Waals surface area contributed by atoms with E-state index in [4.69, 9.17) is 18.9 Å². The summed E-state index contributed by atoms with van der Waals surface area (Å²) in [4.78, 5) is 52.6. The first-order valence-electron chi connectivity index (χ1n) is 15.7. The molecule has 0 amide bonds. The predicted octanol–water partition coefficient (Wildman–Crippen LogP) is 2.95. The molecule has 44 heavy (non-hydrogen) atoms. The summed E-state index contributed by atoms with van der Waals surface area (Å²) in [6, 6.07) is 0. The van der Waals surface area contributed by atoms with Crippen molar-refractivity contribution in [1.29, 1.82) is 0 Å². The summed E-state index contributed by atoms with van der Waals surface area (Å²) in [5.74, 6) is -4.60. The van der Waals surface area contributed by atoms with Crippen LogP contribution in [0.4, 0.5) is 0 Å². The van der Waals surface area contributed by atoms with Crippen molar-refractivity contribution >= 4 is 23.9 Å². The number of hydrogen-bond donors (Lipinski definition) is 2. The van der Waals surface area contributed by atoms with Gasteiger partial charge in [0.2, 0.25) is 0 Å². The molecule has 3 saturated carbocycles. The van der Waals surface area contributed by atoms with Gasteiger partial charge in [-0.1, -0.05) is 37.3 Å². The molecule has 2 saturated heterocycles. The van der Waals surface area contributed by atoms with Gasteiger partial charge in [-0.2, -0.15) is 0 Å². The molecule has 0 radical (unpaired) electrons. The molecule has 0 unspecified atom stereocenters. The first-order chi connectivity index (χ1) is 20.4. The van der Waals surface area contributed by atoms with Gasteiger partial charge in [0, 0.05) is 60.8 Å². The van der Waals surface area contributed by atoms with Gasteiger partial charge in [-0.25, -0.2) is 4.79 Å². The van der Waals surface area contributed by atoms with Crippen molar-refractivity contribution in [3.8, 4) is 0 Å². The predicted molar refractivity (Wildman–Crippen MR) is 153 cm³/mol. The monoisotopic (exact) mass is 610 g/mol. The number of carbonyl (C=O) groups is 4. The average molecular weight is 611 g/mol. The quantitative estimate of drug-likeness (QED) is 0.207. The van der Waals surface area contributed by atoms with E-state index in [0.29, 0.717) is 6.42 Å². The second kappa shape index (κ2) is 8.84. The van der Waals surface area contributed by atoms with Gasteiger partial charge in [0.05, 0.1) is 28.5 Å². The Morgan fingerprint density at radius 3 is 2.27 bits per heavy atom. The minimum atomic E-state index is -1.51. The fraction of sp³-hybridized carbons (Fsp3) is 0.706. The summed E-state index contributed by atoms with van der Waals surface area (Å²) in [5.41, 5.74) is -4.94. The molecule has 0 aromatic heterocycles. The number of hydrogen-bond acceptors (Lipinski definition) is 10. The van der Waals surface area contributed by atoms with E-state index >= 15 is 0 Å². The number of ether oxygens (including phenoxy) is 4. The maximum absolute atomic E-state index is 14.7. The highest BCUT2D eigenvalue weighted by Gasteiger charge is 2.85. The van der Waals surface area contributed by atoms with Crippen LogP contribution in [0.15, 0.2) is 36.0 Å². The van der Waals surface area contributed by atoms with Crippen LogP contribution in [0, 0.1) is 45.8 Å². The molecule has 2 heterocycles. The Kier molecular flexibility index (Phi) is 5.97. The molecule has 2 bridgehead atoms. The highest BCUT2D eigenvalue weighted by molar-refractivity contribution is 5.91. The highest BCUT2D eigenvalue weighted by Crippen LogP contribution is 2.80. The van der Waals surface area contributed by atoms with E-state index in [-0.39, 0.29) is 36.7 Å². The largest absolute Gasteiger partial charge is 0.462 e. The van der Waals surface area contributed by atoms with Crippen LogP contribution in [0.1, 0.15) is 67.2 Å². The molecule has 7 aliphatic rings. The van der Waals surface area contributed by atoms with Gasteiger partial charge in [0.15, 0.2) is 0 Å². The fourth-order valence-corrected chi connectivity index (χ4v) is 11.4. The third kappa shape index (κ3) is 3.39. The summed E-state index contributed by atoms with van der Waals surface area (Å²) in [7, 11) is 0. The van der Waals surface area contributed by atoms with Crippen molar-refractivity contribution in [2.24, 2.45) is 45.8 Å². The number of fused-ring (bicyclic) bond motifs is 6. The lowest BCUT2D eigenvalue weighted by Gasteiger charge is -2.47. The molecular formula is C34H42O10. The summed E-state index contributed by atoms with van der Waals surface area (Å²) in [5, 5.41) is 24.3. The number of esters is 4. The Morgan fingerprint density at radius 1 is 0.955 bits per heavy atom. The Bertz CT molecular complexity index is 1460. The van der Waals surface area contributed by atoms with Crippen LogP contribution in [0.2, 0.25) is 0 Å². The normalized spacial score (nSPS) is 53.1. The number of allylic oxidation sites excluding steroid dienone is 2. The molecular weight excluding hydrogens is 568 g/mol. The maximum Gasteiger partial charge on any atom is 0.334 e. The van der Waals surface area contributed by atoms with Crippen molar-refractivity contribution in [2.45, 2.75) is 103 Å². The van der Waals surface area contributed by atoms with Crippen LogP contribution in [-0.2, 0) is 38.1 Å². The molecule has 0 aromatic carbocycles. The van der Waals surface area contributed by atoms with E-state index in [1.54, 1.807) is 13.8 Å². The van der Waals surface area contributed by atoms with Gasteiger partial charge in [-0.05, 0) is 33.6 Å². The highest BCUT2D eigenvalue weighted by atomic mass is 16.6. The molecule has 1 spiro atoms. The van der Waals surface area contributed by atoms with Crippen LogP contribution < -0.4 is 0 Å². The SMILES string of the molecule is C=C1C(=O)O[C@H]2[C@H]1[C@@H](OC(C)=O)C[C@@](C)(O)[C@@]13C=C[C@@](C)([C@H]21)[C@]1(C3)C(=O)O[C@@H]2[C@H]3C(C)=CC[C@H]3[C@](C)(O)C[C@H](OC(C)=O)[C@H]21. The van der Waals surface area contributed by atoms with Crippen LogP contribution in [-0.4, -0.2) is 69.7 Å². The molecule has 10 heteroatoms. The average Bonchev–Trinajstić information content (AvgIpc) is 3.61. The lowest BCUT2D eigenvalue weighted by molar-refractivity contribution is -0.166. The maximum atomic E-state index is 14.7. The van der Waals surface area contributed by atoms with Crippen molar-refractivity contribution < 1.29 is 48.3 Å². The summed E-state index contributed by atoms with van der Waals surface area (Å²) in [6.45, 7) is 14.0. The molecule has 2 aliphatic heterocycles. The zero-order valence-corrected chi connectivity index (χ0v) is 26.1. The van der Waals surface area contributed by atoms with E-state index in [2.05, 4.69) is 12.7 Å². The molecule has 2 N–H and O–H groups in total. The van der Waals surface area contributed by atoms with Crippen molar-refractivity contribution in [3.63, 3.8) is 0 Å². The van der Waals surface area contributed by atoms with Crippen molar-refractivity contribution in [1.82, 2.24) is 0 Å². The molecule has 14 atom stereocenters. The third-order valence-electron chi connectivity index (χ3n) is 13.0. The number of carbonyl (C=O) groups excluding carboxylic acids is 4. The van der Waals surface area contributed by atoms with Gasteiger partial charge < -0.3 is 29.2 Å². The Balaban J connectivity index is 1.44. The van der Waals surface area contributed by atoms with Crippen LogP contribution in [0.25, 0.3) is 0 Å². The van der Waals surface area contributed by atoms with Crippen LogP contribution in [0.5, 0.6) is 0 Å². The van der Waals surface area contributed by atoms with E-state index in [0.717, 1.165) is 5.57 Å². The fourth-order valence-electron chi connectivity index (χ4n) is 11.4. The Hall–Kier alpha value is -2.98. The standard InChI is InChI=1S/C34H42O10/c1-15-8-9-19-22(15)25-24(21(42-18(4)36)12-31(19,6)39)34(29(38)44-25)14-33-11-10-30(34,5)27(33)26-23(16(2)28(37)43-26)20(41-17(3)35)13-32(33,7)40/h8,10-11,19-27,39-40H,2,9,12-14H2,1,3-7H3/t19-,20+,21+,22+,23-,24-,25-,26+,27+,30+,31-,32-,33-,34+/m1/s1. The topological polar surface area (TPSA) is 146 Å². The van der Waals surface area contributed by atoms with Gasteiger partial charge in [-0.15, -0.1) is 0 Å². The van der Waals surface area contributed by atoms with Gasteiger partial charge in [0.1, 0.15) is 24.4 Å². The van der Waals surface area contributed by atoms with Crippen molar-refractivity contribution in [2.75, 3.05) is 0 Å². The smallest absolute Gasteiger partial charge is 0.334 e. The molecule has 238 valence electrons. The minimum absolute atomic E-state index is 0.00577. The summed E-state index contributed by atoms with van der Waals surface area (Å²) >= 11 is 0. The Morgan fingerprint density at radius 2 is 1.61 bits per heavy atom. The molecule has 5 fully saturated rings. The molecule has 7 rings (SSSR count). The van der Waals surface area contributed by atoms with Gasteiger partial charge >= 0.3 is 23.9 Å².